The molecule has 0 aliphatic heterocycles. The summed E-state index contributed by atoms with van der Waals surface area (Å²) in [6.45, 7) is 3.15. The fourth-order valence-corrected chi connectivity index (χ4v) is 1.65. The van der Waals surface area contributed by atoms with E-state index in [1.807, 2.05) is 19.1 Å². The lowest BCUT2D eigenvalue weighted by molar-refractivity contribution is 0.328. The summed E-state index contributed by atoms with van der Waals surface area (Å²) in [5.41, 5.74) is 7.58. The van der Waals surface area contributed by atoms with E-state index in [2.05, 4.69) is 20.3 Å². The number of hydrogen-bond donors (Lipinski definition) is 2. The Hall–Kier alpha value is -2.37. The molecule has 0 saturated carbocycles. The first-order chi connectivity index (χ1) is 9.31. The van der Waals surface area contributed by atoms with Crippen molar-refractivity contribution in [3.05, 3.63) is 36.4 Å². The summed E-state index contributed by atoms with van der Waals surface area (Å²) in [6.07, 6.45) is 5.87. The molecule has 6 nitrogen and oxygen atoms in total. The highest BCUT2D eigenvalue weighted by Gasteiger charge is 2.07. The fourth-order valence-electron chi connectivity index (χ4n) is 1.65. The lowest BCUT2D eigenvalue weighted by Gasteiger charge is -2.10. The minimum absolute atomic E-state index is 0.420. The molecule has 0 unspecified atom stereocenters. The number of anilines is 2. The van der Waals surface area contributed by atoms with Crippen molar-refractivity contribution in [2.45, 2.75) is 13.3 Å². The Morgan fingerprint density at radius 1 is 1.26 bits per heavy atom. The molecule has 6 heteroatoms. The number of nitrogens with zero attached hydrogens (tertiary/aromatic N) is 3. The maximum atomic E-state index is 5.93. The molecule has 2 heterocycles. The van der Waals surface area contributed by atoms with Gasteiger partial charge in [-0.25, -0.2) is 4.98 Å². The summed E-state index contributed by atoms with van der Waals surface area (Å²) in [7, 11) is 0. The van der Waals surface area contributed by atoms with Crippen molar-refractivity contribution >= 4 is 11.5 Å². The summed E-state index contributed by atoms with van der Waals surface area (Å²) in [4.78, 5) is 12.1. The third-order valence-corrected chi connectivity index (χ3v) is 2.58. The number of nitrogens with two attached hydrogens (primary N) is 1. The van der Waals surface area contributed by atoms with Gasteiger partial charge in [0, 0.05) is 18.9 Å². The maximum Gasteiger partial charge on any atom is 0.242 e. The second-order valence-electron chi connectivity index (χ2n) is 3.91. The summed E-state index contributed by atoms with van der Waals surface area (Å²) >= 11 is 0. The van der Waals surface area contributed by atoms with Crippen LogP contribution in [0.4, 0.5) is 11.5 Å². The van der Waals surface area contributed by atoms with Crippen LogP contribution >= 0.6 is 0 Å². The Morgan fingerprint density at radius 3 is 2.79 bits per heavy atom. The summed E-state index contributed by atoms with van der Waals surface area (Å²) in [5.74, 6) is 1.02. The molecular weight excluding hydrogens is 242 g/mol. The molecule has 0 spiro atoms. The van der Waals surface area contributed by atoms with E-state index >= 15 is 0 Å². The van der Waals surface area contributed by atoms with E-state index < -0.39 is 0 Å². The highest BCUT2D eigenvalue weighted by Crippen LogP contribution is 2.24. The lowest BCUT2D eigenvalue weighted by Crippen LogP contribution is -2.10. The maximum absolute atomic E-state index is 5.93. The van der Waals surface area contributed by atoms with Gasteiger partial charge in [-0.1, -0.05) is 0 Å². The van der Waals surface area contributed by atoms with Gasteiger partial charge in [0.1, 0.15) is 12.0 Å². The second-order valence-corrected chi connectivity index (χ2v) is 3.91. The van der Waals surface area contributed by atoms with Crippen molar-refractivity contribution in [2.75, 3.05) is 24.2 Å². The van der Waals surface area contributed by atoms with Gasteiger partial charge in [-0.05, 0) is 31.0 Å². The minimum Gasteiger partial charge on any atom is -0.476 e. The molecule has 0 radical (unpaired) electrons. The molecule has 19 heavy (non-hydrogen) atoms. The average molecular weight is 259 g/mol. The predicted molar refractivity (Wildman–Crippen MR) is 74.0 cm³/mol. The Kier molecular flexibility index (Phi) is 4.49. The van der Waals surface area contributed by atoms with Crippen LogP contribution < -0.4 is 15.8 Å². The first-order valence-corrected chi connectivity index (χ1v) is 6.17. The van der Waals surface area contributed by atoms with Crippen molar-refractivity contribution in [1.82, 2.24) is 15.0 Å². The molecule has 0 aromatic carbocycles. The van der Waals surface area contributed by atoms with Crippen molar-refractivity contribution < 1.29 is 4.74 Å². The van der Waals surface area contributed by atoms with Gasteiger partial charge in [-0.2, -0.15) is 4.98 Å². The first-order valence-electron chi connectivity index (χ1n) is 6.17. The van der Waals surface area contributed by atoms with Gasteiger partial charge in [-0.3, -0.25) is 4.98 Å². The van der Waals surface area contributed by atoms with Crippen LogP contribution in [0, 0.1) is 0 Å². The molecule has 100 valence electrons. The Labute approximate surface area is 112 Å². The van der Waals surface area contributed by atoms with Gasteiger partial charge >= 0.3 is 0 Å². The van der Waals surface area contributed by atoms with Gasteiger partial charge in [0.25, 0.3) is 0 Å². The van der Waals surface area contributed by atoms with Gasteiger partial charge in [0.15, 0.2) is 5.82 Å². The standard InChI is InChI=1S/C13H17N5O/c1-2-19-13-11(14)12(17-9-18-13)16-8-5-10-3-6-15-7-4-10/h3-4,6-7,9H,2,5,8,14H2,1H3,(H,16,17,18). The second kappa shape index (κ2) is 6.53. The van der Waals surface area contributed by atoms with Gasteiger partial charge in [0.05, 0.1) is 6.61 Å². The van der Waals surface area contributed by atoms with E-state index in [1.165, 1.54) is 11.9 Å². The summed E-state index contributed by atoms with van der Waals surface area (Å²) < 4.78 is 5.32. The number of nitrogen functional groups attached to an aromatic ring is 1. The number of aromatic nitrogens is 3. The van der Waals surface area contributed by atoms with E-state index in [0.717, 1.165) is 13.0 Å². The Bertz CT molecular complexity index is 518. The van der Waals surface area contributed by atoms with Gasteiger partial charge < -0.3 is 15.8 Å². The number of nitrogens with one attached hydrogen (secondary N) is 1. The van der Waals surface area contributed by atoms with Crippen LogP contribution in [0.3, 0.4) is 0 Å². The van der Waals surface area contributed by atoms with Gasteiger partial charge in [-0.15, -0.1) is 0 Å². The smallest absolute Gasteiger partial charge is 0.242 e. The fraction of sp³-hybridized carbons (Fsp3) is 0.308. The van der Waals surface area contributed by atoms with Crippen LogP contribution in [0.1, 0.15) is 12.5 Å². The number of rotatable bonds is 6. The van der Waals surface area contributed by atoms with Crippen molar-refractivity contribution in [3.8, 4) is 5.88 Å². The van der Waals surface area contributed by atoms with E-state index in [4.69, 9.17) is 10.5 Å². The number of hydrogen-bond acceptors (Lipinski definition) is 6. The third kappa shape index (κ3) is 3.54. The van der Waals surface area contributed by atoms with Crippen LogP contribution in [0.5, 0.6) is 5.88 Å². The molecule has 0 bridgehead atoms. The van der Waals surface area contributed by atoms with Crippen LogP contribution in [-0.4, -0.2) is 28.1 Å². The van der Waals surface area contributed by atoms with Crippen molar-refractivity contribution in [1.29, 1.82) is 0 Å². The van der Waals surface area contributed by atoms with Gasteiger partial charge in [0.2, 0.25) is 5.88 Å². The lowest BCUT2D eigenvalue weighted by atomic mass is 10.2. The van der Waals surface area contributed by atoms with Crippen LogP contribution in [0.2, 0.25) is 0 Å². The van der Waals surface area contributed by atoms with Crippen molar-refractivity contribution in [2.24, 2.45) is 0 Å². The minimum atomic E-state index is 0.420. The molecule has 0 fully saturated rings. The molecule has 2 aromatic heterocycles. The molecular formula is C13H17N5O. The molecule has 0 amide bonds. The largest absolute Gasteiger partial charge is 0.476 e. The predicted octanol–water partition coefficient (Wildman–Crippen LogP) is 1.51. The van der Waals surface area contributed by atoms with E-state index in [-0.39, 0.29) is 0 Å². The van der Waals surface area contributed by atoms with E-state index in [9.17, 15) is 0 Å². The summed E-state index contributed by atoms with van der Waals surface area (Å²) in [5, 5.41) is 3.18. The molecule has 0 atom stereocenters. The first kappa shape index (κ1) is 13.1. The van der Waals surface area contributed by atoms with E-state index in [0.29, 0.717) is 24.0 Å². The zero-order valence-electron chi connectivity index (χ0n) is 10.8. The molecule has 3 N–H and O–H groups in total. The van der Waals surface area contributed by atoms with Crippen molar-refractivity contribution in [3.63, 3.8) is 0 Å². The SMILES string of the molecule is CCOc1ncnc(NCCc2ccncc2)c1N. The van der Waals surface area contributed by atoms with Crippen LogP contribution in [0.15, 0.2) is 30.9 Å². The third-order valence-electron chi connectivity index (χ3n) is 2.58. The monoisotopic (exact) mass is 259 g/mol. The normalized spacial score (nSPS) is 10.2. The van der Waals surface area contributed by atoms with Crippen LogP contribution in [0.25, 0.3) is 0 Å². The average Bonchev–Trinajstić information content (AvgIpc) is 2.44. The highest BCUT2D eigenvalue weighted by atomic mass is 16.5. The summed E-state index contributed by atoms with van der Waals surface area (Å²) in [6, 6.07) is 3.97. The highest BCUT2D eigenvalue weighted by molar-refractivity contribution is 5.66. The molecule has 2 rings (SSSR count). The topological polar surface area (TPSA) is 86.0 Å². The zero-order chi connectivity index (χ0) is 13.5. The van der Waals surface area contributed by atoms with E-state index in [1.54, 1.807) is 12.4 Å². The molecule has 0 aliphatic rings. The molecule has 0 saturated heterocycles. The molecule has 0 aliphatic carbocycles. The molecule has 2 aromatic rings. The quantitative estimate of drug-likeness (QED) is 0.817. The zero-order valence-corrected chi connectivity index (χ0v) is 10.8. The Balaban J connectivity index is 1.94. The number of ether oxygens (including phenoxy) is 1. The van der Waals surface area contributed by atoms with Crippen LogP contribution in [-0.2, 0) is 6.42 Å². The number of pyridine rings is 1. The Morgan fingerprint density at radius 2 is 2.05 bits per heavy atom.